The van der Waals surface area contributed by atoms with E-state index < -0.39 is 36.6 Å². The van der Waals surface area contributed by atoms with Crippen molar-refractivity contribution in [3.05, 3.63) is 23.9 Å². The number of rotatable bonds is 4. The van der Waals surface area contributed by atoms with Crippen LogP contribution in [0.15, 0.2) is 18.2 Å². The summed E-state index contributed by atoms with van der Waals surface area (Å²) >= 11 is 0. The van der Waals surface area contributed by atoms with Crippen molar-refractivity contribution in [1.29, 1.82) is 0 Å². The number of hydrogen-bond donors (Lipinski definition) is 1. The average molecular weight is 276 g/mol. The van der Waals surface area contributed by atoms with Gasteiger partial charge in [-0.2, -0.15) is 22.0 Å². The molecule has 0 aliphatic carbocycles. The molecule has 9 heteroatoms. The van der Waals surface area contributed by atoms with E-state index in [2.05, 4.69) is 4.98 Å². The van der Waals surface area contributed by atoms with E-state index in [-0.39, 0.29) is 0 Å². The van der Waals surface area contributed by atoms with Gasteiger partial charge >= 0.3 is 18.5 Å². The molecular weight excluding hydrogens is 269 g/mol. The second kappa shape index (κ2) is 4.99. The van der Waals surface area contributed by atoms with Crippen molar-refractivity contribution in [2.45, 2.75) is 18.5 Å². The summed E-state index contributed by atoms with van der Waals surface area (Å²) in [5.74, 6) is -4.89. The van der Waals surface area contributed by atoms with Crippen molar-refractivity contribution in [3.8, 4) is 0 Å². The molecule has 1 heterocycles. The van der Waals surface area contributed by atoms with Gasteiger partial charge in [-0.3, -0.25) is 0 Å². The third-order valence-corrected chi connectivity index (χ3v) is 1.86. The SMILES string of the molecule is FC(F)C(F)(F)CNc1cccc(C(F)(F)F)n1. The Bertz CT molecular complexity index is 402. The topological polar surface area (TPSA) is 24.9 Å². The summed E-state index contributed by atoms with van der Waals surface area (Å²) < 4.78 is 85.2. The van der Waals surface area contributed by atoms with Crippen molar-refractivity contribution in [3.63, 3.8) is 0 Å². The highest BCUT2D eigenvalue weighted by Crippen LogP contribution is 2.28. The Morgan fingerprint density at radius 3 is 2.22 bits per heavy atom. The molecule has 0 bridgehead atoms. The van der Waals surface area contributed by atoms with Crippen LogP contribution in [-0.2, 0) is 6.18 Å². The van der Waals surface area contributed by atoms with Gasteiger partial charge in [0, 0.05) is 0 Å². The zero-order valence-electron chi connectivity index (χ0n) is 8.61. The van der Waals surface area contributed by atoms with Crippen LogP contribution in [0, 0.1) is 0 Å². The monoisotopic (exact) mass is 276 g/mol. The number of hydrogen-bond acceptors (Lipinski definition) is 2. The Morgan fingerprint density at radius 2 is 1.72 bits per heavy atom. The molecule has 0 spiro atoms. The summed E-state index contributed by atoms with van der Waals surface area (Å²) in [6, 6.07) is 2.53. The minimum atomic E-state index is -4.73. The molecule has 2 nitrogen and oxygen atoms in total. The van der Waals surface area contributed by atoms with E-state index >= 15 is 0 Å². The Morgan fingerprint density at radius 1 is 1.11 bits per heavy atom. The maximum Gasteiger partial charge on any atom is 0.433 e. The summed E-state index contributed by atoms with van der Waals surface area (Å²) in [4.78, 5) is 2.99. The van der Waals surface area contributed by atoms with Crippen LogP contribution < -0.4 is 5.32 Å². The highest BCUT2D eigenvalue weighted by atomic mass is 19.4. The van der Waals surface area contributed by atoms with Gasteiger partial charge in [0.05, 0.1) is 6.54 Å². The number of aromatic nitrogens is 1. The van der Waals surface area contributed by atoms with Crippen LogP contribution in [0.1, 0.15) is 5.69 Å². The van der Waals surface area contributed by atoms with Crippen molar-refractivity contribution in [2.75, 3.05) is 11.9 Å². The van der Waals surface area contributed by atoms with Gasteiger partial charge in [0.1, 0.15) is 11.5 Å². The minimum absolute atomic E-state index is 0.551. The fraction of sp³-hybridized carbons (Fsp3) is 0.444. The molecule has 18 heavy (non-hydrogen) atoms. The van der Waals surface area contributed by atoms with Gasteiger partial charge in [-0.25, -0.2) is 13.8 Å². The molecule has 0 unspecified atom stereocenters. The van der Waals surface area contributed by atoms with E-state index in [4.69, 9.17) is 0 Å². The molecule has 0 radical (unpaired) electrons. The number of pyridine rings is 1. The van der Waals surface area contributed by atoms with E-state index in [9.17, 15) is 30.7 Å². The maximum absolute atomic E-state index is 12.5. The van der Waals surface area contributed by atoms with E-state index in [1.165, 1.54) is 0 Å². The third-order valence-electron chi connectivity index (χ3n) is 1.86. The highest BCUT2D eigenvalue weighted by Gasteiger charge is 2.40. The first-order valence-corrected chi connectivity index (χ1v) is 4.57. The van der Waals surface area contributed by atoms with Crippen LogP contribution in [0.25, 0.3) is 0 Å². The second-order valence-electron chi connectivity index (χ2n) is 3.32. The lowest BCUT2D eigenvalue weighted by molar-refractivity contribution is -0.141. The van der Waals surface area contributed by atoms with E-state index in [0.717, 1.165) is 12.1 Å². The van der Waals surface area contributed by atoms with Gasteiger partial charge in [-0.05, 0) is 12.1 Å². The van der Waals surface area contributed by atoms with Crippen molar-refractivity contribution in [1.82, 2.24) is 4.98 Å². The Kier molecular flexibility index (Phi) is 4.02. The first kappa shape index (κ1) is 14.5. The van der Waals surface area contributed by atoms with Crippen LogP contribution >= 0.6 is 0 Å². The van der Waals surface area contributed by atoms with Gasteiger partial charge in [0.15, 0.2) is 0 Å². The second-order valence-corrected chi connectivity index (χ2v) is 3.32. The van der Waals surface area contributed by atoms with Crippen LogP contribution in [0.3, 0.4) is 0 Å². The molecule has 1 aromatic heterocycles. The van der Waals surface area contributed by atoms with Crippen LogP contribution in [0.5, 0.6) is 0 Å². The lowest BCUT2D eigenvalue weighted by atomic mass is 10.3. The van der Waals surface area contributed by atoms with Gasteiger partial charge in [0.2, 0.25) is 0 Å². The number of nitrogens with one attached hydrogen (secondary N) is 1. The number of alkyl halides is 7. The average Bonchev–Trinajstić information content (AvgIpc) is 2.25. The predicted octanol–water partition coefficient (Wildman–Crippen LogP) is 3.41. The molecule has 0 saturated carbocycles. The number of anilines is 1. The third kappa shape index (κ3) is 3.74. The molecular formula is C9H7F7N2. The van der Waals surface area contributed by atoms with Crippen LogP contribution in [0.2, 0.25) is 0 Å². The van der Waals surface area contributed by atoms with Gasteiger partial charge in [-0.1, -0.05) is 6.07 Å². The number of nitrogens with zero attached hydrogens (tertiary/aromatic N) is 1. The molecule has 102 valence electrons. The lowest BCUT2D eigenvalue weighted by Crippen LogP contribution is -2.35. The Balaban J connectivity index is 2.75. The van der Waals surface area contributed by atoms with E-state index in [1.54, 1.807) is 5.32 Å². The molecule has 1 aromatic rings. The summed E-state index contributed by atoms with van der Waals surface area (Å²) in [6.07, 6.45) is -8.64. The van der Waals surface area contributed by atoms with Crippen molar-refractivity contribution in [2.24, 2.45) is 0 Å². The molecule has 0 aromatic carbocycles. The molecule has 0 atom stereocenters. The smallest absolute Gasteiger partial charge is 0.364 e. The highest BCUT2D eigenvalue weighted by molar-refractivity contribution is 5.36. The maximum atomic E-state index is 12.5. The van der Waals surface area contributed by atoms with Gasteiger partial charge < -0.3 is 5.32 Å². The molecule has 0 saturated heterocycles. The van der Waals surface area contributed by atoms with Gasteiger partial charge in [0.25, 0.3) is 0 Å². The zero-order chi connectivity index (χ0) is 14.0. The molecule has 1 N–H and O–H groups in total. The molecule has 0 aliphatic heterocycles. The summed E-state index contributed by atoms with van der Waals surface area (Å²) in [5, 5.41) is 1.74. The first-order chi connectivity index (χ1) is 8.13. The predicted molar refractivity (Wildman–Crippen MR) is 48.7 cm³/mol. The minimum Gasteiger partial charge on any atom is -0.364 e. The lowest BCUT2D eigenvalue weighted by Gasteiger charge is -2.16. The first-order valence-electron chi connectivity index (χ1n) is 4.57. The molecule has 0 aliphatic rings. The van der Waals surface area contributed by atoms with E-state index in [1.807, 2.05) is 0 Å². The largest absolute Gasteiger partial charge is 0.433 e. The quantitative estimate of drug-likeness (QED) is 0.852. The van der Waals surface area contributed by atoms with Crippen LogP contribution in [0.4, 0.5) is 36.6 Å². The molecule has 0 fully saturated rings. The fourth-order valence-electron chi connectivity index (χ4n) is 0.977. The standard InChI is InChI=1S/C9H7F7N2/c10-7(11)8(12,13)4-17-6-3-1-2-5(18-6)9(14,15)16/h1-3,7H,4H2,(H,17,18). The van der Waals surface area contributed by atoms with Crippen molar-refractivity contribution < 1.29 is 30.7 Å². The van der Waals surface area contributed by atoms with E-state index in [0.29, 0.717) is 6.07 Å². The Hall–Kier alpha value is -1.54. The van der Waals surface area contributed by atoms with Crippen molar-refractivity contribution >= 4 is 5.82 Å². The summed E-state index contributed by atoms with van der Waals surface area (Å²) in [7, 11) is 0. The van der Waals surface area contributed by atoms with Gasteiger partial charge in [-0.15, -0.1) is 0 Å². The normalized spacial score (nSPS) is 12.9. The Labute approximate surface area is 96.8 Å². The molecule has 0 amide bonds. The zero-order valence-corrected chi connectivity index (χ0v) is 8.61. The molecule has 1 rings (SSSR count). The number of halogens is 7. The summed E-state index contributed by atoms with van der Waals surface area (Å²) in [5.41, 5.74) is -1.30. The summed E-state index contributed by atoms with van der Waals surface area (Å²) in [6.45, 7) is -1.50. The van der Waals surface area contributed by atoms with Crippen LogP contribution in [-0.4, -0.2) is 23.9 Å². The fourth-order valence-corrected chi connectivity index (χ4v) is 0.977.